The summed E-state index contributed by atoms with van der Waals surface area (Å²) < 4.78 is 5.72. The first-order valence-electron chi connectivity index (χ1n) is 19.6. The molecule has 2 aliphatic rings. The number of methoxy groups -OCH3 is 1. The number of carbonyl (C=O) groups is 2. The molecule has 282 valence electrons. The number of anilines is 1. The molecule has 0 radical (unpaired) electrons. The van der Waals surface area contributed by atoms with Crippen molar-refractivity contribution in [2.75, 3.05) is 19.5 Å². The van der Waals surface area contributed by atoms with Gasteiger partial charge in [0.25, 0.3) is 0 Å². The number of hydrogen-bond acceptors (Lipinski definition) is 7. The van der Waals surface area contributed by atoms with Crippen LogP contribution in [0.2, 0.25) is 0 Å². The number of hydrogen-bond donors (Lipinski definition) is 3. The van der Waals surface area contributed by atoms with Crippen molar-refractivity contribution in [2.45, 2.75) is 83.5 Å². The predicted molar refractivity (Wildman–Crippen MR) is 213 cm³/mol. The van der Waals surface area contributed by atoms with Crippen molar-refractivity contribution in [2.24, 2.45) is 29.6 Å². The largest absolute Gasteiger partial charge is 0.504 e. The molecule has 6 rings (SSSR count). The number of nitrogens with two attached hydrogens (primary N) is 1. The van der Waals surface area contributed by atoms with Gasteiger partial charge in [-0.2, -0.15) is 0 Å². The molecule has 1 saturated carbocycles. The minimum atomic E-state index is -0.429. The lowest BCUT2D eigenvalue weighted by molar-refractivity contribution is -0.130. The van der Waals surface area contributed by atoms with Crippen molar-refractivity contribution in [3.63, 3.8) is 0 Å². The molecule has 7 nitrogen and oxygen atoms in total. The second-order valence-electron chi connectivity index (χ2n) is 15.3. The Kier molecular flexibility index (Phi) is 13.2. The molecular formula is C47H54N2O5. The number of Topliss-reactive ketones (excluding diaryl/α,β-unsaturated/α-hetero) is 2. The highest BCUT2D eigenvalue weighted by molar-refractivity contribution is 6.00. The molecule has 7 heteroatoms. The Morgan fingerprint density at radius 2 is 1.69 bits per heavy atom. The van der Waals surface area contributed by atoms with E-state index in [-0.39, 0.29) is 60.4 Å². The lowest BCUT2D eigenvalue weighted by atomic mass is 9.75. The number of aromatic hydroxyl groups is 1. The zero-order valence-electron chi connectivity index (χ0n) is 31.7. The molecule has 1 heterocycles. The molecule has 0 aliphatic heterocycles. The summed E-state index contributed by atoms with van der Waals surface area (Å²) in [6.45, 7) is 2.20. The van der Waals surface area contributed by atoms with Gasteiger partial charge < -0.3 is 20.7 Å². The van der Waals surface area contributed by atoms with Crippen LogP contribution in [0.4, 0.5) is 5.82 Å². The van der Waals surface area contributed by atoms with Crippen LogP contribution in [-0.4, -0.2) is 40.5 Å². The molecule has 0 saturated heterocycles. The SMILES string of the molecule is CCC[C@H](CO)[C@H]1C[C@H](Cc2ccnc(N)c2)C[C@H]2C#C[C@H](c3ccccc3)c3c(cc(OC)c(O)c3CCc3ccccc3)CCC(=O)CC(=O)[C@@H]2C1. The number of aliphatic hydroxyl groups is 1. The molecule has 0 unspecified atom stereocenters. The predicted octanol–water partition coefficient (Wildman–Crippen LogP) is 8.07. The number of phenols is 1. The van der Waals surface area contributed by atoms with Gasteiger partial charge in [-0.3, -0.25) is 9.59 Å². The van der Waals surface area contributed by atoms with Crippen molar-refractivity contribution >= 4 is 17.4 Å². The number of pyridine rings is 1. The highest BCUT2D eigenvalue weighted by atomic mass is 16.5. The fraction of sp³-hybridized carbons (Fsp3) is 0.426. The topological polar surface area (TPSA) is 123 Å². The van der Waals surface area contributed by atoms with E-state index < -0.39 is 11.8 Å². The zero-order valence-corrected chi connectivity index (χ0v) is 31.7. The number of benzene rings is 3. The number of ketones is 2. The number of nitrogens with zero attached hydrogens (tertiary/aromatic N) is 1. The number of aromatic nitrogens is 1. The van der Waals surface area contributed by atoms with Crippen LogP contribution in [-0.2, 0) is 35.3 Å². The minimum absolute atomic E-state index is 0.0461. The maximum atomic E-state index is 14.3. The summed E-state index contributed by atoms with van der Waals surface area (Å²) in [6, 6.07) is 26.1. The van der Waals surface area contributed by atoms with E-state index in [4.69, 9.17) is 10.5 Å². The van der Waals surface area contributed by atoms with Gasteiger partial charge in [0.15, 0.2) is 11.5 Å². The molecule has 3 aromatic carbocycles. The number of fused-ring (bicyclic) bond motifs is 2. The molecular weight excluding hydrogens is 673 g/mol. The van der Waals surface area contributed by atoms with E-state index in [0.717, 1.165) is 59.1 Å². The number of nitrogen functional groups attached to an aromatic ring is 1. The second-order valence-corrected chi connectivity index (χ2v) is 15.3. The fourth-order valence-corrected chi connectivity index (χ4v) is 9.01. The molecule has 0 amide bonds. The summed E-state index contributed by atoms with van der Waals surface area (Å²) in [7, 11) is 1.55. The Morgan fingerprint density at radius 1 is 0.926 bits per heavy atom. The summed E-state index contributed by atoms with van der Waals surface area (Å²) >= 11 is 0. The highest BCUT2D eigenvalue weighted by Gasteiger charge is 2.39. The van der Waals surface area contributed by atoms with Gasteiger partial charge in [-0.05, 0) is 115 Å². The Hall–Kier alpha value is -4.93. The van der Waals surface area contributed by atoms with Gasteiger partial charge in [0.1, 0.15) is 17.4 Å². The van der Waals surface area contributed by atoms with Gasteiger partial charge in [-0.1, -0.05) is 85.8 Å². The highest BCUT2D eigenvalue weighted by Crippen LogP contribution is 2.44. The minimum Gasteiger partial charge on any atom is -0.504 e. The van der Waals surface area contributed by atoms with Gasteiger partial charge >= 0.3 is 0 Å². The quantitative estimate of drug-likeness (QED) is 0.106. The first kappa shape index (κ1) is 38.8. The Labute approximate surface area is 320 Å². The lowest BCUT2D eigenvalue weighted by Gasteiger charge is -2.29. The van der Waals surface area contributed by atoms with Crippen LogP contribution in [0.3, 0.4) is 0 Å². The zero-order chi connectivity index (χ0) is 38.0. The number of carbonyl (C=O) groups excluding carboxylic acids is 2. The molecule has 0 spiro atoms. The van der Waals surface area contributed by atoms with E-state index in [1.165, 1.54) is 0 Å². The van der Waals surface area contributed by atoms with Crippen LogP contribution in [0.25, 0.3) is 0 Å². The maximum absolute atomic E-state index is 14.3. The van der Waals surface area contributed by atoms with Gasteiger partial charge in [0.05, 0.1) is 19.4 Å². The third-order valence-corrected chi connectivity index (χ3v) is 11.7. The fourth-order valence-electron chi connectivity index (χ4n) is 9.01. The average molecular weight is 727 g/mol. The number of rotatable bonds is 11. The number of phenolic OH excluding ortho intramolecular Hbond substituents is 1. The van der Waals surface area contributed by atoms with E-state index in [0.29, 0.717) is 43.7 Å². The van der Waals surface area contributed by atoms with Crippen LogP contribution in [0, 0.1) is 41.4 Å². The number of aliphatic hydroxyl groups excluding tert-OH is 1. The summed E-state index contributed by atoms with van der Waals surface area (Å²) in [5.41, 5.74) is 11.9. The van der Waals surface area contributed by atoms with Gasteiger partial charge in [0.2, 0.25) is 0 Å². The Bertz CT molecular complexity index is 1950. The van der Waals surface area contributed by atoms with Crippen LogP contribution in [0.15, 0.2) is 85.1 Å². The number of aryl methyl sites for hydroxylation is 2. The van der Waals surface area contributed by atoms with Gasteiger partial charge in [-0.15, -0.1) is 0 Å². The van der Waals surface area contributed by atoms with Crippen LogP contribution < -0.4 is 10.5 Å². The Morgan fingerprint density at radius 3 is 2.39 bits per heavy atom. The van der Waals surface area contributed by atoms with Crippen LogP contribution >= 0.6 is 0 Å². The molecule has 4 aromatic rings. The molecule has 1 fully saturated rings. The third-order valence-electron chi connectivity index (χ3n) is 11.7. The maximum Gasteiger partial charge on any atom is 0.161 e. The van der Waals surface area contributed by atoms with Crippen molar-refractivity contribution in [3.05, 3.63) is 118 Å². The van der Waals surface area contributed by atoms with Gasteiger partial charge in [-0.25, -0.2) is 4.98 Å². The van der Waals surface area contributed by atoms with Crippen molar-refractivity contribution in [3.8, 4) is 23.3 Å². The molecule has 54 heavy (non-hydrogen) atoms. The van der Waals surface area contributed by atoms with Crippen LogP contribution in [0.5, 0.6) is 11.5 Å². The molecule has 0 bridgehead atoms. The Balaban J connectivity index is 1.51. The van der Waals surface area contributed by atoms with Gasteiger partial charge in [0, 0.05) is 36.6 Å². The van der Waals surface area contributed by atoms with Crippen molar-refractivity contribution < 1.29 is 24.5 Å². The van der Waals surface area contributed by atoms with E-state index in [9.17, 15) is 19.8 Å². The molecule has 4 N–H and O–H groups in total. The van der Waals surface area contributed by atoms with Crippen LogP contribution in [0.1, 0.15) is 91.2 Å². The standard InChI is InChI=1S/C47H54N2O5/c1-3-10-37(30-50)38-25-33(23-32-21-22-49-45(48)26-32)24-35-17-20-40(34-13-8-5-9-14-34)46-36(16-18-39(51)29-43(52)42(35)27-38)28-44(54-2)47(53)41(46)19-15-31-11-6-4-7-12-31/h4-9,11-14,21-22,26,28,33,35,37-38,40,42,50,53H,3,10,15-16,18-19,23-25,27,29-30H2,1-2H3,(H2,48,49)/t33-,35-,37-,38+,40-,42-/m1/s1. The average Bonchev–Trinajstić information content (AvgIpc) is 3.36. The van der Waals surface area contributed by atoms with E-state index in [1.807, 2.05) is 54.6 Å². The summed E-state index contributed by atoms with van der Waals surface area (Å²) in [6.07, 6.45) is 8.16. The second kappa shape index (κ2) is 18.4. The van der Waals surface area contributed by atoms with E-state index in [2.05, 4.69) is 48.0 Å². The number of ether oxygens (including phenoxy) is 1. The monoisotopic (exact) mass is 726 g/mol. The molecule has 1 aromatic heterocycles. The summed E-state index contributed by atoms with van der Waals surface area (Å²) in [5, 5.41) is 22.4. The first-order chi connectivity index (χ1) is 26.3. The van der Waals surface area contributed by atoms with E-state index in [1.54, 1.807) is 13.3 Å². The smallest absolute Gasteiger partial charge is 0.161 e. The first-order valence-corrected chi connectivity index (χ1v) is 19.6. The summed E-state index contributed by atoms with van der Waals surface area (Å²) in [4.78, 5) is 32.3. The lowest BCUT2D eigenvalue weighted by Crippen LogP contribution is -2.29. The normalized spacial score (nSPS) is 22.3. The van der Waals surface area contributed by atoms with E-state index >= 15 is 0 Å². The van der Waals surface area contributed by atoms with Crippen molar-refractivity contribution in [1.29, 1.82) is 0 Å². The third kappa shape index (κ3) is 9.40. The molecule has 6 atom stereocenters. The summed E-state index contributed by atoms with van der Waals surface area (Å²) in [5.74, 6) is 7.45. The molecule has 2 aliphatic carbocycles. The van der Waals surface area contributed by atoms with Crippen molar-refractivity contribution in [1.82, 2.24) is 4.98 Å².